The van der Waals surface area contributed by atoms with Crippen LogP contribution in [-0.4, -0.2) is 26.3 Å². The molecule has 0 bridgehead atoms. The molecule has 0 amide bonds. The highest BCUT2D eigenvalue weighted by Crippen LogP contribution is 2.30. The van der Waals surface area contributed by atoms with E-state index in [9.17, 15) is 0 Å². The van der Waals surface area contributed by atoms with Crippen LogP contribution in [0, 0.1) is 0 Å². The molecule has 0 N–H and O–H groups in total. The van der Waals surface area contributed by atoms with Crippen molar-refractivity contribution < 1.29 is 0 Å². The first-order chi connectivity index (χ1) is 10.3. The number of nitrogens with zero attached hydrogens (tertiary/aromatic N) is 4. The molecule has 0 saturated heterocycles. The van der Waals surface area contributed by atoms with Gasteiger partial charge in [0.1, 0.15) is 0 Å². The van der Waals surface area contributed by atoms with Crippen LogP contribution < -0.4 is 0 Å². The Labute approximate surface area is 134 Å². The van der Waals surface area contributed by atoms with E-state index < -0.39 is 0 Å². The number of fused-ring (bicyclic) bond motifs is 1. The summed E-state index contributed by atoms with van der Waals surface area (Å²) in [4.78, 5) is 1.09. The summed E-state index contributed by atoms with van der Waals surface area (Å²) in [6, 6.07) is 13.9. The van der Waals surface area contributed by atoms with E-state index in [0.717, 1.165) is 37.2 Å². The maximum atomic E-state index is 6.01. The Hall–Kier alpha value is -1.63. The molecule has 0 saturated carbocycles. The number of benzene rings is 1. The second kappa shape index (κ2) is 5.29. The highest BCUT2D eigenvalue weighted by Gasteiger charge is 2.21. The summed E-state index contributed by atoms with van der Waals surface area (Å²) >= 11 is 9.19. The molecule has 3 heterocycles. The molecule has 1 aliphatic heterocycles. The average molecular weight is 333 g/mol. The van der Waals surface area contributed by atoms with Crippen molar-refractivity contribution in [2.75, 3.05) is 5.75 Å². The number of hydrogen-bond acceptors (Lipinski definition) is 5. The fourth-order valence-corrected chi connectivity index (χ4v) is 4.03. The second-order valence-electron chi connectivity index (χ2n) is 4.42. The number of thiophene rings is 1. The van der Waals surface area contributed by atoms with Crippen LogP contribution in [0.4, 0.5) is 0 Å². The minimum Gasteiger partial charge on any atom is -0.186 e. The van der Waals surface area contributed by atoms with Crippen LogP contribution in [0.15, 0.2) is 52.7 Å². The fourth-order valence-electron chi connectivity index (χ4n) is 2.09. The van der Waals surface area contributed by atoms with Crippen molar-refractivity contribution in [3.8, 4) is 11.4 Å². The van der Waals surface area contributed by atoms with Gasteiger partial charge in [-0.2, -0.15) is 9.78 Å². The lowest BCUT2D eigenvalue weighted by atomic mass is 10.2. The molecule has 0 aliphatic carbocycles. The Morgan fingerprint density at radius 3 is 2.67 bits per heavy atom. The highest BCUT2D eigenvalue weighted by atomic mass is 35.5. The highest BCUT2D eigenvalue weighted by molar-refractivity contribution is 7.99. The number of hydrogen-bond donors (Lipinski definition) is 0. The molecular weight excluding hydrogens is 324 g/mol. The van der Waals surface area contributed by atoms with Crippen LogP contribution in [-0.2, 0) is 0 Å². The van der Waals surface area contributed by atoms with Gasteiger partial charge in [-0.15, -0.1) is 21.5 Å². The Balaban J connectivity index is 1.81. The SMILES string of the molecule is Clc1ccc(C2=Nn3c(nnc3-c3ccccc3)SC2)s1. The van der Waals surface area contributed by atoms with Crippen molar-refractivity contribution in [1.82, 2.24) is 14.9 Å². The predicted octanol–water partition coefficient (Wildman–Crippen LogP) is 4.02. The molecule has 0 atom stereocenters. The Morgan fingerprint density at radius 2 is 1.90 bits per heavy atom. The fraction of sp³-hybridized carbons (Fsp3) is 0.0714. The number of thioether (sulfide) groups is 1. The molecule has 2 aromatic heterocycles. The summed E-state index contributed by atoms with van der Waals surface area (Å²) in [5, 5.41) is 14.0. The van der Waals surface area contributed by atoms with Gasteiger partial charge in [-0.1, -0.05) is 53.7 Å². The molecule has 0 fully saturated rings. The molecule has 0 spiro atoms. The summed E-state index contributed by atoms with van der Waals surface area (Å²) in [6.45, 7) is 0. The van der Waals surface area contributed by atoms with E-state index in [1.165, 1.54) is 0 Å². The van der Waals surface area contributed by atoms with Crippen LogP contribution >= 0.6 is 34.7 Å². The Morgan fingerprint density at radius 1 is 1.05 bits per heavy atom. The minimum atomic E-state index is 0.762. The van der Waals surface area contributed by atoms with Gasteiger partial charge in [-0.05, 0) is 12.1 Å². The van der Waals surface area contributed by atoms with Gasteiger partial charge in [0, 0.05) is 11.3 Å². The molecule has 0 unspecified atom stereocenters. The third-order valence-electron chi connectivity index (χ3n) is 3.06. The van der Waals surface area contributed by atoms with Crippen LogP contribution in [0.1, 0.15) is 4.88 Å². The third-order valence-corrected chi connectivity index (χ3v) is 5.27. The van der Waals surface area contributed by atoms with Crippen LogP contribution in [0.3, 0.4) is 0 Å². The lowest BCUT2D eigenvalue weighted by molar-refractivity contribution is 0.763. The van der Waals surface area contributed by atoms with Crippen molar-refractivity contribution in [2.45, 2.75) is 5.16 Å². The van der Waals surface area contributed by atoms with E-state index in [1.54, 1.807) is 23.1 Å². The molecule has 4 nitrogen and oxygen atoms in total. The Kier molecular flexibility index (Phi) is 3.29. The van der Waals surface area contributed by atoms with Crippen molar-refractivity contribution in [2.24, 2.45) is 5.10 Å². The number of aromatic nitrogens is 3. The molecule has 21 heavy (non-hydrogen) atoms. The molecule has 4 rings (SSSR count). The van der Waals surface area contributed by atoms with Crippen molar-refractivity contribution >= 4 is 40.4 Å². The van der Waals surface area contributed by atoms with Gasteiger partial charge in [-0.3, -0.25) is 0 Å². The normalized spacial score (nSPS) is 13.9. The average Bonchev–Trinajstić information content (AvgIpc) is 3.13. The maximum Gasteiger partial charge on any atom is 0.212 e. The lowest BCUT2D eigenvalue weighted by Crippen LogP contribution is -2.12. The molecule has 1 aliphatic rings. The molecule has 7 heteroatoms. The lowest BCUT2D eigenvalue weighted by Gasteiger charge is -2.12. The number of rotatable bonds is 2. The summed E-state index contributed by atoms with van der Waals surface area (Å²) < 4.78 is 2.59. The zero-order chi connectivity index (χ0) is 14.2. The maximum absolute atomic E-state index is 6.01. The van der Waals surface area contributed by atoms with Crippen molar-refractivity contribution in [3.63, 3.8) is 0 Å². The largest absolute Gasteiger partial charge is 0.212 e. The van der Waals surface area contributed by atoms with Gasteiger partial charge in [0.05, 0.1) is 14.9 Å². The van der Waals surface area contributed by atoms with E-state index in [4.69, 9.17) is 16.7 Å². The zero-order valence-electron chi connectivity index (χ0n) is 10.7. The topological polar surface area (TPSA) is 43.1 Å². The van der Waals surface area contributed by atoms with E-state index in [1.807, 2.05) is 47.1 Å². The monoisotopic (exact) mass is 332 g/mol. The van der Waals surface area contributed by atoms with Gasteiger partial charge < -0.3 is 0 Å². The van der Waals surface area contributed by atoms with Crippen molar-refractivity contribution in [1.29, 1.82) is 0 Å². The van der Waals surface area contributed by atoms with E-state index >= 15 is 0 Å². The smallest absolute Gasteiger partial charge is 0.186 e. The van der Waals surface area contributed by atoms with Crippen LogP contribution in [0.5, 0.6) is 0 Å². The first-order valence-electron chi connectivity index (χ1n) is 6.28. The van der Waals surface area contributed by atoms with Gasteiger partial charge in [0.2, 0.25) is 5.16 Å². The van der Waals surface area contributed by atoms with E-state index in [0.29, 0.717) is 0 Å². The zero-order valence-corrected chi connectivity index (χ0v) is 13.1. The molecule has 3 aromatic rings. The molecule has 0 radical (unpaired) electrons. The summed E-state index contributed by atoms with van der Waals surface area (Å²) in [7, 11) is 0. The molecular formula is C14H9ClN4S2. The molecule has 1 aromatic carbocycles. The van der Waals surface area contributed by atoms with Crippen LogP contribution in [0.2, 0.25) is 4.34 Å². The Bertz CT molecular complexity index is 823. The third kappa shape index (κ3) is 2.39. The number of halogens is 1. The summed E-state index contributed by atoms with van der Waals surface area (Å²) in [6.07, 6.45) is 0. The van der Waals surface area contributed by atoms with E-state index in [2.05, 4.69) is 10.2 Å². The predicted molar refractivity (Wildman–Crippen MR) is 87.4 cm³/mol. The van der Waals surface area contributed by atoms with Gasteiger partial charge >= 0.3 is 0 Å². The summed E-state index contributed by atoms with van der Waals surface area (Å²) in [5.74, 6) is 1.54. The van der Waals surface area contributed by atoms with Gasteiger partial charge in [-0.25, -0.2) is 0 Å². The second-order valence-corrected chi connectivity index (χ2v) is 7.08. The van der Waals surface area contributed by atoms with Crippen molar-refractivity contribution in [3.05, 3.63) is 51.7 Å². The first kappa shape index (κ1) is 13.1. The van der Waals surface area contributed by atoms with Gasteiger partial charge in [0.15, 0.2) is 5.82 Å². The summed E-state index contributed by atoms with van der Waals surface area (Å²) in [5.41, 5.74) is 2.01. The van der Waals surface area contributed by atoms with E-state index in [-0.39, 0.29) is 0 Å². The minimum absolute atomic E-state index is 0.762. The van der Waals surface area contributed by atoms with Gasteiger partial charge in [0.25, 0.3) is 0 Å². The standard InChI is InChI=1S/C14H9ClN4S2/c15-12-7-6-11(21-12)10-8-20-14-17-16-13(19(14)18-10)9-4-2-1-3-5-9/h1-7H,8H2. The van der Waals surface area contributed by atoms with Crippen LogP contribution in [0.25, 0.3) is 11.4 Å². The molecule has 104 valence electrons. The quantitative estimate of drug-likeness (QED) is 0.712. The first-order valence-corrected chi connectivity index (χ1v) is 8.46.